The van der Waals surface area contributed by atoms with Gasteiger partial charge in [-0.2, -0.15) is 0 Å². The van der Waals surface area contributed by atoms with E-state index in [-0.39, 0.29) is 0 Å². The maximum absolute atomic E-state index is 12.2. The van der Waals surface area contributed by atoms with Gasteiger partial charge in [0, 0.05) is 31.4 Å². The summed E-state index contributed by atoms with van der Waals surface area (Å²) in [5.74, 6) is -0.433. The van der Waals surface area contributed by atoms with Crippen molar-refractivity contribution < 1.29 is 19.1 Å². The summed E-state index contributed by atoms with van der Waals surface area (Å²) >= 11 is 0. The number of carbonyl (C=O) groups excluding carboxylic acids is 2. The molecule has 7 nitrogen and oxygen atoms in total. The molecule has 0 aliphatic carbocycles. The first-order chi connectivity index (χ1) is 14.6. The van der Waals surface area contributed by atoms with Gasteiger partial charge in [-0.3, -0.25) is 9.59 Å². The highest BCUT2D eigenvalue weighted by Crippen LogP contribution is 2.28. The van der Waals surface area contributed by atoms with Crippen molar-refractivity contribution in [3.63, 3.8) is 0 Å². The van der Waals surface area contributed by atoms with Crippen LogP contribution >= 0.6 is 0 Å². The zero-order valence-corrected chi connectivity index (χ0v) is 17.6. The van der Waals surface area contributed by atoms with Gasteiger partial charge in [0.2, 0.25) is 0 Å². The van der Waals surface area contributed by atoms with Crippen molar-refractivity contribution in [2.75, 3.05) is 44.1 Å². The number of nitrogens with one attached hydrogen (secondary N) is 2. The van der Waals surface area contributed by atoms with Crippen molar-refractivity contribution in [2.45, 2.75) is 25.7 Å². The van der Waals surface area contributed by atoms with Gasteiger partial charge in [0.25, 0.3) is 0 Å². The van der Waals surface area contributed by atoms with Gasteiger partial charge in [-0.25, -0.2) is 0 Å². The van der Waals surface area contributed by atoms with E-state index in [1.807, 2.05) is 0 Å². The summed E-state index contributed by atoms with van der Waals surface area (Å²) in [5, 5.41) is 5.23. The summed E-state index contributed by atoms with van der Waals surface area (Å²) in [7, 11) is 3.02. The highest BCUT2D eigenvalue weighted by Gasteiger charge is 2.16. The van der Waals surface area contributed by atoms with Crippen molar-refractivity contribution >= 4 is 23.2 Å². The fourth-order valence-corrected chi connectivity index (χ4v) is 3.52. The third kappa shape index (κ3) is 5.65. The van der Waals surface area contributed by atoms with Crippen LogP contribution in [0, 0.1) is 0 Å². The van der Waals surface area contributed by atoms with Gasteiger partial charge in [-0.15, -0.1) is 0 Å². The van der Waals surface area contributed by atoms with Gasteiger partial charge in [-0.05, 0) is 55.5 Å². The molecule has 0 spiro atoms. The fraction of sp³-hybridized carbons (Fsp3) is 0.391. The number of ether oxygens (including phenoxy) is 2. The molecule has 2 aromatic carbocycles. The molecule has 2 N–H and O–H groups in total. The van der Waals surface area contributed by atoms with Gasteiger partial charge in [0.1, 0.15) is 11.5 Å². The third-order valence-corrected chi connectivity index (χ3v) is 5.22. The van der Waals surface area contributed by atoms with Gasteiger partial charge >= 0.3 is 11.8 Å². The van der Waals surface area contributed by atoms with Crippen LogP contribution in [-0.4, -0.2) is 45.7 Å². The molecule has 160 valence electrons. The monoisotopic (exact) mass is 411 g/mol. The van der Waals surface area contributed by atoms with E-state index in [9.17, 15) is 9.59 Å². The van der Waals surface area contributed by atoms with Crippen LogP contribution in [0.15, 0.2) is 42.5 Å². The normalized spacial score (nSPS) is 13.5. The predicted octanol–water partition coefficient (Wildman–Crippen LogP) is 2.99. The molecule has 0 radical (unpaired) electrons. The fourth-order valence-electron chi connectivity index (χ4n) is 3.52. The molecule has 1 aliphatic heterocycles. The summed E-state index contributed by atoms with van der Waals surface area (Å²) in [4.78, 5) is 26.8. The lowest BCUT2D eigenvalue weighted by Crippen LogP contribution is -2.36. The highest BCUT2D eigenvalue weighted by atomic mass is 16.5. The van der Waals surface area contributed by atoms with Crippen LogP contribution in [0.1, 0.15) is 24.8 Å². The molecule has 0 atom stereocenters. The average Bonchev–Trinajstić information content (AvgIpc) is 2.80. The Labute approximate surface area is 177 Å². The number of carbonyl (C=O) groups is 2. The quantitative estimate of drug-likeness (QED) is 0.685. The van der Waals surface area contributed by atoms with Gasteiger partial charge in [0.15, 0.2) is 0 Å². The summed E-state index contributed by atoms with van der Waals surface area (Å²) in [6, 6.07) is 13.4. The van der Waals surface area contributed by atoms with Crippen LogP contribution in [0.25, 0.3) is 0 Å². The number of anilines is 2. The van der Waals surface area contributed by atoms with E-state index in [4.69, 9.17) is 9.47 Å². The second-order valence-electron chi connectivity index (χ2n) is 7.24. The SMILES string of the molecule is COc1ccc(OC)c(NC(=O)C(=O)NCCc2ccc(N3CCCCC3)cc2)c1. The molecule has 1 saturated heterocycles. The number of piperidine rings is 1. The van der Waals surface area contributed by atoms with Gasteiger partial charge in [0.05, 0.1) is 19.9 Å². The van der Waals surface area contributed by atoms with E-state index in [0.717, 1.165) is 18.7 Å². The largest absolute Gasteiger partial charge is 0.497 e. The highest BCUT2D eigenvalue weighted by molar-refractivity contribution is 6.39. The van der Waals surface area contributed by atoms with Crippen molar-refractivity contribution in [2.24, 2.45) is 0 Å². The zero-order chi connectivity index (χ0) is 21.3. The third-order valence-electron chi connectivity index (χ3n) is 5.22. The molecular weight excluding hydrogens is 382 g/mol. The number of methoxy groups -OCH3 is 2. The number of hydrogen-bond acceptors (Lipinski definition) is 5. The Balaban J connectivity index is 1.48. The van der Waals surface area contributed by atoms with Gasteiger partial charge in [-0.1, -0.05) is 12.1 Å². The first kappa shape index (κ1) is 21.5. The maximum Gasteiger partial charge on any atom is 0.313 e. The summed E-state index contributed by atoms with van der Waals surface area (Å²) in [6.07, 6.45) is 4.46. The smallest absolute Gasteiger partial charge is 0.313 e. The lowest BCUT2D eigenvalue weighted by Gasteiger charge is -2.28. The Bertz CT molecular complexity index is 861. The second kappa shape index (κ2) is 10.5. The molecule has 3 rings (SSSR count). The molecular formula is C23H29N3O4. The van der Waals surface area contributed by atoms with E-state index in [1.165, 1.54) is 39.2 Å². The maximum atomic E-state index is 12.2. The van der Waals surface area contributed by atoms with Crippen LogP contribution in [-0.2, 0) is 16.0 Å². The Kier molecular flexibility index (Phi) is 7.54. The summed E-state index contributed by atoms with van der Waals surface area (Å²) in [6.45, 7) is 2.61. The van der Waals surface area contributed by atoms with Crippen LogP contribution in [0.3, 0.4) is 0 Å². The molecule has 0 saturated carbocycles. The van der Waals surface area contributed by atoms with E-state index in [1.54, 1.807) is 18.2 Å². The molecule has 0 aromatic heterocycles. The lowest BCUT2D eigenvalue weighted by atomic mass is 10.1. The molecule has 2 amide bonds. The molecule has 30 heavy (non-hydrogen) atoms. The minimum absolute atomic E-state index is 0.380. The van der Waals surface area contributed by atoms with Crippen LogP contribution in [0.5, 0.6) is 11.5 Å². The standard InChI is InChI=1S/C23H29N3O4/c1-29-19-10-11-21(30-2)20(16-19)25-23(28)22(27)24-13-12-17-6-8-18(9-7-17)26-14-4-3-5-15-26/h6-11,16H,3-5,12-15H2,1-2H3,(H,24,27)(H,25,28). The molecule has 2 aromatic rings. The number of nitrogens with zero attached hydrogens (tertiary/aromatic N) is 1. The number of amides is 2. The minimum atomic E-state index is -0.748. The van der Waals surface area contributed by atoms with E-state index < -0.39 is 11.8 Å². The van der Waals surface area contributed by atoms with Crippen molar-refractivity contribution in [1.82, 2.24) is 5.32 Å². The van der Waals surface area contributed by atoms with E-state index >= 15 is 0 Å². The minimum Gasteiger partial charge on any atom is -0.497 e. The number of benzene rings is 2. The Morgan fingerprint density at radius 1 is 0.933 bits per heavy atom. The molecule has 1 aliphatic rings. The topological polar surface area (TPSA) is 79.9 Å². The van der Waals surface area contributed by atoms with E-state index in [0.29, 0.717) is 30.2 Å². The number of rotatable bonds is 7. The van der Waals surface area contributed by atoms with E-state index in [2.05, 4.69) is 39.8 Å². The lowest BCUT2D eigenvalue weighted by molar-refractivity contribution is -0.136. The molecule has 0 bridgehead atoms. The molecule has 1 fully saturated rings. The van der Waals surface area contributed by atoms with Gasteiger partial charge < -0.3 is 25.0 Å². The average molecular weight is 412 g/mol. The van der Waals surface area contributed by atoms with Crippen molar-refractivity contribution in [3.8, 4) is 11.5 Å². The van der Waals surface area contributed by atoms with Crippen molar-refractivity contribution in [3.05, 3.63) is 48.0 Å². The molecule has 1 heterocycles. The Morgan fingerprint density at radius 2 is 1.67 bits per heavy atom. The van der Waals surface area contributed by atoms with Crippen LogP contribution < -0.4 is 25.0 Å². The second-order valence-corrected chi connectivity index (χ2v) is 7.24. The Morgan fingerprint density at radius 3 is 2.33 bits per heavy atom. The zero-order valence-electron chi connectivity index (χ0n) is 17.6. The molecule has 0 unspecified atom stereocenters. The summed E-state index contributed by atoms with van der Waals surface area (Å²) in [5.41, 5.74) is 2.74. The Hall–Kier alpha value is -3.22. The first-order valence-corrected chi connectivity index (χ1v) is 10.3. The first-order valence-electron chi connectivity index (χ1n) is 10.3. The predicted molar refractivity (Wildman–Crippen MR) is 117 cm³/mol. The van der Waals surface area contributed by atoms with Crippen LogP contribution in [0.2, 0.25) is 0 Å². The summed E-state index contributed by atoms with van der Waals surface area (Å²) < 4.78 is 10.4. The molecule has 7 heteroatoms. The van der Waals surface area contributed by atoms with Crippen LogP contribution in [0.4, 0.5) is 11.4 Å². The number of hydrogen-bond donors (Lipinski definition) is 2. The van der Waals surface area contributed by atoms with Crippen molar-refractivity contribution in [1.29, 1.82) is 0 Å².